The average Bonchev–Trinajstić information content (AvgIpc) is 3.02. The molecule has 3 rings (SSSR count). The van der Waals surface area contributed by atoms with Gasteiger partial charge in [0.15, 0.2) is 5.96 Å². The highest BCUT2D eigenvalue weighted by Gasteiger charge is 2.30. The van der Waals surface area contributed by atoms with Crippen molar-refractivity contribution in [3.63, 3.8) is 0 Å². The Hall–Kier alpha value is -2.05. The number of hydrogen-bond acceptors (Lipinski definition) is 3. The maximum atomic E-state index is 11.8. The number of likely N-dealkylation sites (N-methyl/N-ethyl adjacent to an activating group) is 1. The van der Waals surface area contributed by atoms with Crippen LogP contribution >= 0.6 is 0 Å². The molecule has 0 spiro atoms. The number of carbonyl (C=O) groups excluding carboxylic acids is 1. The molecule has 1 aromatic heterocycles. The van der Waals surface area contributed by atoms with Gasteiger partial charge in [-0.25, -0.2) is 4.99 Å². The second kappa shape index (κ2) is 6.60. The van der Waals surface area contributed by atoms with Gasteiger partial charge in [-0.05, 0) is 24.8 Å². The minimum Gasteiger partial charge on any atom is -0.353 e. The summed E-state index contributed by atoms with van der Waals surface area (Å²) >= 11 is 0. The summed E-state index contributed by atoms with van der Waals surface area (Å²) in [6, 6.07) is 0.528. The van der Waals surface area contributed by atoms with E-state index in [9.17, 15) is 4.79 Å². The number of amides is 1. The first kappa shape index (κ1) is 15.8. The maximum absolute atomic E-state index is 11.8. The molecule has 1 atom stereocenters. The van der Waals surface area contributed by atoms with E-state index in [1.807, 2.05) is 17.9 Å². The van der Waals surface area contributed by atoms with E-state index in [1.54, 1.807) is 19.0 Å². The molecule has 2 heterocycles. The molecule has 23 heavy (non-hydrogen) atoms. The summed E-state index contributed by atoms with van der Waals surface area (Å²) in [5, 5.41) is 7.76. The van der Waals surface area contributed by atoms with Crippen LogP contribution in [-0.2, 0) is 11.8 Å². The third-order valence-corrected chi connectivity index (χ3v) is 4.46. The largest absolute Gasteiger partial charge is 0.353 e. The normalized spacial score (nSPS) is 21.6. The number of guanidine groups is 1. The van der Waals surface area contributed by atoms with Gasteiger partial charge < -0.3 is 15.1 Å². The predicted molar refractivity (Wildman–Crippen MR) is 89.3 cm³/mol. The molecule has 1 unspecified atom stereocenters. The highest BCUT2D eigenvalue weighted by molar-refractivity contribution is 5.85. The number of nitrogens with zero attached hydrogens (tertiary/aromatic N) is 5. The van der Waals surface area contributed by atoms with E-state index < -0.39 is 0 Å². The first-order valence-electron chi connectivity index (χ1n) is 8.27. The third kappa shape index (κ3) is 4.03. The minimum atomic E-state index is 0.0307. The lowest BCUT2D eigenvalue weighted by atomic mass is 10.0. The molecule has 2 aliphatic rings. The molecule has 2 fully saturated rings. The number of rotatable bonds is 4. The first-order valence-corrected chi connectivity index (χ1v) is 8.27. The van der Waals surface area contributed by atoms with E-state index in [1.165, 1.54) is 18.4 Å². The molecule has 0 aromatic carbocycles. The van der Waals surface area contributed by atoms with Crippen molar-refractivity contribution in [1.29, 1.82) is 0 Å². The van der Waals surface area contributed by atoms with Gasteiger partial charge in [0.25, 0.3) is 0 Å². The molecule has 1 saturated carbocycles. The summed E-state index contributed by atoms with van der Waals surface area (Å²) in [5.74, 6) is 1.40. The summed E-state index contributed by atoms with van der Waals surface area (Å²) in [5.41, 5.74) is 1.28. The van der Waals surface area contributed by atoms with Crippen LogP contribution in [-0.4, -0.2) is 71.2 Å². The molecule has 1 aliphatic heterocycles. The van der Waals surface area contributed by atoms with Crippen LogP contribution in [0.3, 0.4) is 0 Å². The van der Waals surface area contributed by atoms with E-state index in [4.69, 9.17) is 0 Å². The predicted octanol–water partition coefficient (Wildman–Crippen LogP) is 0.406. The molecule has 0 radical (unpaired) electrons. The maximum Gasteiger partial charge on any atom is 0.243 e. The monoisotopic (exact) mass is 318 g/mol. The second-order valence-electron chi connectivity index (χ2n) is 6.73. The van der Waals surface area contributed by atoms with E-state index in [2.05, 4.69) is 26.5 Å². The quantitative estimate of drug-likeness (QED) is 0.645. The van der Waals surface area contributed by atoms with E-state index in [-0.39, 0.29) is 12.5 Å². The topological polar surface area (TPSA) is 65.8 Å². The van der Waals surface area contributed by atoms with Crippen molar-refractivity contribution in [3.8, 4) is 0 Å². The molecule has 0 bridgehead atoms. The summed E-state index contributed by atoms with van der Waals surface area (Å²) in [4.78, 5) is 20.2. The van der Waals surface area contributed by atoms with Crippen LogP contribution in [0.1, 0.15) is 30.7 Å². The fraction of sp³-hybridized carbons (Fsp3) is 0.688. The lowest BCUT2D eigenvalue weighted by Crippen LogP contribution is -2.42. The molecule has 1 amide bonds. The van der Waals surface area contributed by atoms with Crippen LogP contribution in [0.15, 0.2) is 17.4 Å². The van der Waals surface area contributed by atoms with Gasteiger partial charge in [0, 0.05) is 52.4 Å². The van der Waals surface area contributed by atoms with Crippen LogP contribution in [0.5, 0.6) is 0 Å². The Morgan fingerprint density at radius 2 is 2.22 bits per heavy atom. The summed E-state index contributed by atoms with van der Waals surface area (Å²) in [7, 11) is 5.48. The number of aryl methyl sites for hydroxylation is 1. The van der Waals surface area contributed by atoms with Crippen LogP contribution in [0.2, 0.25) is 0 Å². The van der Waals surface area contributed by atoms with Gasteiger partial charge in [0.2, 0.25) is 5.91 Å². The number of carbonyl (C=O) groups is 1. The Kier molecular flexibility index (Phi) is 4.54. The van der Waals surface area contributed by atoms with Crippen LogP contribution in [0.4, 0.5) is 0 Å². The lowest BCUT2D eigenvalue weighted by Gasteiger charge is -2.22. The molecular formula is C16H26N6O. The summed E-state index contributed by atoms with van der Waals surface area (Å²) in [6.45, 7) is 2.10. The van der Waals surface area contributed by atoms with Gasteiger partial charge in [-0.2, -0.15) is 5.10 Å². The highest BCUT2D eigenvalue weighted by atomic mass is 16.2. The van der Waals surface area contributed by atoms with Crippen molar-refractivity contribution in [2.75, 3.05) is 33.7 Å². The molecular weight excluding hydrogens is 292 g/mol. The van der Waals surface area contributed by atoms with Crippen LogP contribution in [0.25, 0.3) is 0 Å². The van der Waals surface area contributed by atoms with Gasteiger partial charge in [-0.15, -0.1) is 0 Å². The smallest absolute Gasteiger partial charge is 0.243 e. The molecule has 1 aliphatic carbocycles. The summed E-state index contributed by atoms with van der Waals surface area (Å²) < 4.78 is 1.85. The van der Waals surface area contributed by atoms with E-state index in [0.717, 1.165) is 25.5 Å². The number of aliphatic imine (C=N–C) groups is 1. The van der Waals surface area contributed by atoms with Crippen molar-refractivity contribution in [1.82, 2.24) is 24.9 Å². The molecule has 7 heteroatoms. The van der Waals surface area contributed by atoms with Gasteiger partial charge in [0.05, 0.1) is 6.20 Å². The summed E-state index contributed by atoms with van der Waals surface area (Å²) in [6.07, 6.45) is 7.53. The first-order chi connectivity index (χ1) is 11.0. The van der Waals surface area contributed by atoms with E-state index >= 15 is 0 Å². The lowest BCUT2D eigenvalue weighted by molar-refractivity contribution is -0.127. The molecule has 7 nitrogen and oxygen atoms in total. The zero-order chi connectivity index (χ0) is 16.4. The average molecular weight is 318 g/mol. The van der Waals surface area contributed by atoms with Crippen molar-refractivity contribution < 1.29 is 4.79 Å². The van der Waals surface area contributed by atoms with Crippen LogP contribution < -0.4 is 5.32 Å². The Balaban J connectivity index is 1.65. The Morgan fingerprint density at radius 1 is 1.43 bits per heavy atom. The van der Waals surface area contributed by atoms with Gasteiger partial charge in [-0.3, -0.25) is 9.48 Å². The number of aromatic nitrogens is 2. The second-order valence-corrected chi connectivity index (χ2v) is 6.73. The Bertz CT molecular complexity index is 589. The van der Waals surface area contributed by atoms with Gasteiger partial charge in [0.1, 0.15) is 6.54 Å². The third-order valence-electron chi connectivity index (χ3n) is 4.46. The molecule has 126 valence electrons. The van der Waals surface area contributed by atoms with Crippen molar-refractivity contribution in [3.05, 3.63) is 18.0 Å². The fourth-order valence-corrected chi connectivity index (χ4v) is 2.81. The number of likely N-dealkylation sites (tertiary alicyclic amines) is 1. The van der Waals surface area contributed by atoms with Crippen molar-refractivity contribution >= 4 is 11.9 Å². The Morgan fingerprint density at radius 3 is 2.83 bits per heavy atom. The van der Waals surface area contributed by atoms with Crippen LogP contribution in [0, 0.1) is 0 Å². The zero-order valence-corrected chi connectivity index (χ0v) is 14.2. The Labute approximate surface area is 137 Å². The van der Waals surface area contributed by atoms with E-state index in [0.29, 0.717) is 12.0 Å². The van der Waals surface area contributed by atoms with Crippen molar-refractivity contribution in [2.24, 2.45) is 12.0 Å². The van der Waals surface area contributed by atoms with Gasteiger partial charge >= 0.3 is 0 Å². The fourth-order valence-electron chi connectivity index (χ4n) is 2.81. The SMILES string of the molecule is CN(C)C(=O)CN=C(NC1CC1)N1CCC(c2cnn(C)c2)C1. The molecule has 1 aromatic rings. The molecule has 1 saturated heterocycles. The number of hydrogen-bond donors (Lipinski definition) is 1. The van der Waals surface area contributed by atoms with Gasteiger partial charge in [-0.1, -0.05) is 0 Å². The molecule has 1 N–H and O–H groups in total. The standard InChI is InChI=1S/C16H26N6O/c1-20(2)15(23)9-17-16(19-14-4-5-14)22-7-6-12(11-22)13-8-18-21(3)10-13/h8,10,12,14H,4-7,9,11H2,1-3H3,(H,17,19). The van der Waals surface area contributed by atoms with Crippen molar-refractivity contribution in [2.45, 2.75) is 31.2 Å². The minimum absolute atomic E-state index is 0.0307. The highest BCUT2D eigenvalue weighted by Crippen LogP contribution is 2.27. The zero-order valence-electron chi connectivity index (χ0n) is 14.2. The number of nitrogens with one attached hydrogen (secondary N) is 1.